The van der Waals surface area contributed by atoms with Crippen LogP contribution in [0.25, 0.3) is 0 Å². The standard InChI is InChI=1S/C28H28N4O3/c1-2-26(33)29-17-20-12-14-22(15-13-20)27(34)30-31-28(35)25-16-23-10-6-7-11-24(23)19-32(25)18-21-8-4-3-5-9-21/h2-15,25H,1,16-19H2,(H,29,33)(H,30,34)(H,31,35). The van der Waals surface area contributed by atoms with Crippen molar-refractivity contribution in [2.75, 3.05) is 0 Å². The van der Waals surface area contributed by atoms with E-state index in [1.54, 1.807) is 24.3 Å². The molecule has 0 spiro atoms. The summed E-state index contributed by atoms with van der Waals surface area (Å²) in [4.78, 5) is 39.2. The van der Waals surface area contributed by atoms with Gasteiger partial charge < -0.3 is 5.32 Å². The SMILES string of the molecule is C=CC(=O)NCc1ccc(C(=O)NNC(=O)C2Cc3ccccc3CN2Cc2ccccc2)cc1. The molecule has 0 aromatic heterocycles. The summed E-state index contributed by atoms with van der Waals surface area (Å²) >= 11 is 0. The van der Waals surface area contributed by atoms with Crippen molar-refractivity contribution in [3.63, 3.8) is 0 Å². The van der Waals surface area contributed by atoms with E-state index in [9.17, 15) is 14.4 Å². The normalized spacial score (nSPS) is 14.9. The van der Waals surface area contributed by atoms with Crippen LogP contribution in [0.5, 0.6) is 0 Å². The lowest BCUT2D eigenvalue weighted by molar-refractivity contribution is -0.128. The molecule has 1 heterocycles. The topological polar surface area (TPSA) is 90.5 Å². The number of rotatable bonds is 7. The van der Waals surface area contributed by atoms with Gasteiger partial charge in [0.15, 0.2) is 0 Å². The van der Waals surface area contributed by atoms with Crippen molar-refractivity contribution in [1.82, 2.24) is 21.1 Å². The Morgan fingerprint density at radius 1 is 0.857 bits per heavy atom. The molecule has 7 heteroatoms. The van der Waals surface area contributed by atoms with Gasteiger partial charge in [-0.15, -0.1) is 0 Å². The number of hydrogen-bond donors (Lipinski definition) is 3. The molecule has 0 saturated carbocycles. The number of fused-ring (bicyclic) bond motifs is 1. The number of amides is 3. The Hall–Kier alpha value is -4.23. The van der Waals surface area contributed by atoms with Crippen LogP contribution in [0.2, 0.25) is 0 Å². The first-order valence-corrected chi connectivity index (χ1v) is 11.5. The van der Waals surface area contributed by atoms with Crippen LogP contribution >= 0.6 is 0 Å². The Labute approximate surface area is 204 Å². The molecular weight excluding hydrogens is 440 g/mol. The van der Waals surface area contributed by atoms with Crippen molar-refractivity contribution in [3.05, 3.63) is 119 Å². The molecule has 0 fully saturated rings. The van der Waals surface area contributed by atoms with E-state index in [-0.39, 0.29) is 11.8 Å². The zero-order valence-corrected chi connectivity index (χ0v) is 19.4. The van der Waals surface area contributed by atoms with Gasteiger partial charge in [-0.05, 0) is 46.9 Å². The van der Waals surface area contributed by atoms with E-state index in [1.165, 1.54) is 11.6 Å². The fourth-order valence-corrected chi connectivity index (χ4v) is 4.13. The van der Waals surface area contributed by atoms with Crippen LogP contribution in [0.1, 0.15) is 32.6 Å². The minimum Gasteiger partial charge on any atom is -0.348 e. The highest BCUT2D eigenvalue weighted by Crippen LogP contribution is 2.25. The maximum atomic E-state index is 13.2. The number of nitrogens with zero attached hydrogens (tertiary/aromatic N) is 1. The molecule has 4 rings (SSSR count). The molecule has 1 aliphatic heterocycles. The maximum Gasteiger partial charge on any atom is 0.269 e. The van der Waals surface area contributed by atoms with Crippen LogP contribution < -0.4 is 16.2 Å². The second-order valence-corrected chi connectivity index (χ2v) is 8.44. The first kappa shape index (κ1) is 23.9. The van der Waals surface area contributed by atoms with E-state index < -0.39 is 11.9 Å². The molecule has 3 amide bonds. The fourth-order valence-electron chi connectivity index (χ4n) is 4.13. The highest BCUT2D eigenvalue weighted by Gasteiger charge is 2.31. The van der Waals surface area contributed by atoms with Crippen LogP contribution in [0.15, 0.2) is 91.5 Å². The summed E-state index contributed by atoms with van der Waals surface area (Å²) in [6.07, 6.45) is 1.77. The molecule has 7 nitrogen and oxygen atoms in total. The van der Waals surface area contributed by atoms with Crippen LogP contribution in [0.3, 0.4) is 0 Å². The van der Waals surface area contributed by atoms with Gasteiger partial charge in [-0.2, -0.15) is 0 Å². The molecule has 3 aromatic carbocycles. The first-order chi connectivity index (χ1) is 17.0. The number of carbonyl (C=O) groups excluding carboxylic acids is 3. The second kappa shape index (κ2) is 11.3. The monoisotopic (exact) mass is 468 g/mol. The Morgan fingerprint density at radius 2 is 1.54 bits per heavy atom. The number of carbonyl (C=O) groups is 3. The molecule has 3 N–H and O–H groups in total. The molecule has 0 bridgehead atoms. The molecule has 1 aliphatic rings. The minimum atomic E-state index is -0.416. The molecule has 3 aromatic rings. The summed E-state index contributed by atoms with van der Waals surface area (Å²) in [5, 5.41) is 2.68. The lowest BCUT2D eigenvalue weighted by atomic mass is 9.93. The lowest BCUT2D eigenvalue weighted by Gasteiger charge is -2.36. The third-order valence-corrected chi connectivity index (χ3v) is 6.04. The third kappa shape index (κ3) is 6.22. The fraction of sp³-hybridized carbons (Fsp3) is 0.179. The molecule has 1 unspecified atom stereocenters. The van der Waals surface area contributed by atoms with E-state index >= 15 is 0 Å². The van der Waals surface area contributed by atoms with Crippen molar-refractivity contribution in [1.29, 1.82) is 0 Å². The number of hydrazine groups is 1. The van der Waals surface area contributed by atoms with Crippen molar-refractivity contribution in [3.8, 4) is 0 Å². The average Bonchev–Trinajstić information content (AvgIpc) is 2.90. The molecule has 0 saturated heterocycles. The summed E-state index contributed by atoms with van der Waals surface area (Å²) < 4.78 is 0. The highest BCUT2D eigenvalue weighted by molar-refractivity contribution is 5.96. The van der Waals surface area contributed by atoms with Gasteiger partial charge in [0.25, 0.3) is 11.8 Å². The van der Waals surface area contributed by atoms with Crippen LogP contribution in [-0.4, -0.2) is 28.7 Å². The molecule has 1 atom stereocenters. The largest absolute Gasteiger partial charge is 0.348 e. The van der Waals surface area contributed by atoms with Gasteiger partial charge in [-0.1, -0.05) is 73.3 Å². The summed E-state index contributed by atoms with van der Waals surface area (Å²) in [5.74, 6) is -0.931. The average molecular weight is 469 g/mol. The van der Waals surface area contributed by atoms with Gasteiger partial charge in [0.2, 0.25) is 5.91 Å². The van der Waals surface area contributed by atoms with Crippen molar-refractivity contribution in [2.45, 2.75) is 32.1 Å². The second-order valence-electron chi connectivity index (χ2n) is 8.44. The summed E-state index contributed by atoms with van der Waals surface area (Å²) in [5.41, 5.74) is 9.87. The maximum absolute atomic E-state index is 13.2. The molecule has 178 valence electrons. The Balaban J connectivity index is 1.39. The minimum absolute atomic E-state index is 0.257. The van der Waals surface area contributed by atoms with Gasteiger partial charge >= 0.3 is 0 Å². The van der Waals surface area contributed by atoms with E-state index in [0.717, 1.165) is 16.7 Å². The van der Waals surface area contributed by atoms with E-state index in [1.807, 2.05) is 48.5 Å². The molecule has 0 radical (unpaired) electrons. The van der Waals surface area contributed by atoms with Gasteiger partial charge in [-0.3, -0.25) is 30.1 Å². The summed E-state index contributed by atoms with van der Waals surface area (Å²) in [7, 11) is 0. The van der Waals surface area contributed by atoms with Crippen molar-refractivity contribution < 1.29 is 14.4 Å². The van der Waals surface area contributed by atoms with Crippen molar-refractivity contribution in [2.24, 2.45) is 0 Å². The first-order valence-electron chi connectivity index (χ1n) is 11.5. The predicted octanol–water partition coefficient (Wildman–Crippen LogP) is 2.88. The lowest BCUT2D eigenvalue weighted by Crippen LogP contribution is -2.54. The smallest absolute Gasteiger partial charge is 0.269 e. The van der Waals surface area contributed by atoms with E-state index in [4.69, 9.17) is 0 Å². The Morgan fingerprint density at radius 3 is 2.26 bits per heavy atom. The number of hydrogen-bond acceptors (Lipinski definition) is 4. The quantitative estimate of drug-likeness (QED) is 0.367. The Bertz CT molecular complexity index is 1210. The Kier molecular flexibility index (Phi) is 7.70. The summed E-state index contributed by atoms with van der Waals surface area (Å²) in [6, 6.07) is 24.6. The van der Waals surface area contributed by atoms with Crippen LogP contribution in [-0.2, 0) is 35.6 Å². The van der Waals surface area contributed by atoms with Gasteiger partial charge in [-0.25, -0.2) is 0 Å². The molecule has 0 aliphatic carbocycles. The number of benzene rings is 3. The third-order valence-electron chi connectivity index (χ3n) is 6.04. The van der Waals surface area contributed by atoms with Gasteiger partial charge in [0, 0.05) is 25.2 Å². The van der Waals surface area contributed by atoms with E-state index in [2.05, 4.69) is 33.7 Å². The van der Waals surface area contributed by atoms with Crippen molar-refractivity contribution >= 4 is 17.7 Å². The van der Waals surface area contributed by atoms with Crippen LogP contribution in [0.4, 0.5) is 0 Å². The molecular formula is C28H28N4O3. The summed E-state index contributed by atoms with van der Waals surface area (Å²) in [6.45, 7) is 5.03. The van der Waals surface area contributed by atoms with Gasteiger partial charge in [0.1, 0.15) is 0 Å². The van der Waals surface area contributed by atoms with Crippen LogP contribution in [0, 0.1) is 0 Å². The number of nitrogens with one attached hydrogen (secondary N) is 3. The highest BCUT2D eigenvalue weighted by atomic mass is 16.2. The zero-order chi connectivity index (χ0) is 24.6. The van der Waals surface area contributed by atoms with E-state index in [0.29, 0.717) is 31.6 Å². The zero-order valence-electron chi connectivity index (χ0n) is 19.4. The molecule has 35 heavy (non-hydrogen) atoms. The predicted molar refractivity (Wildman–Crippen MR) is 134 cm³/mol. The van der Waals surface area contributed by atoms with Gasteiger partial charge in [0.05, 0.1) is 6.04 Å².